The Labute approximate surface area is 183 Å². The molecule has 178 valence electrons. The van der Waals surface area contributed by atoms with Crippen molar-refractivity contribution in [1.29, 1.82) is 0 Å². The lowest BCUT2D eigenvalue weighted by Crippen LogP contribution is -2.47. The molecule has 1 saturated heterocycles. The van der Waals surface area contributed by atoms with Crippen molar-refractivity contribution in [2.75, 3.05) is 5.32 Å². The Morgan fingerprint density at radius 2 is 1.91 bits per heavy atom. The second-order valence-corrected chi connectivity index (χ2v) is 7.74. The molecule has 0 saturated carbocycles. The number of primary amides is 1. The molecular formula is C20H18F5N3O5. The van der Waals surface area contributed by atoms with Crippen molar-refractivity contribution in [3.8, 4) is 5.75 Å². The third kappa shape index (κ3) is 4.03. The number of aromatic nitrogens is 1. The molecule has 0 unspecified atom stereocenters. The van der Waals surface area contributed by atoms with Gasteiger partial charge in [0, 0.05) is 29.5 Å². The number of nitrogens with zero attached hydrogens (tertiary/aromatic N) is 1. The molecule has 0 radical (unpaired) electrons. The van der Waals surface area contributed by atoms with E-state index in [1.165, 1.54) is 0 Å². The van der Waals surface area contributed by atoms with E-state index in [0.717, 1.165) is 31.3 Å². The van der Waals surface area contributed by atoms with Gasteiger partial charge in [0.15, 0.2) is 23.4 Å². The van der Waals surface area contributed by atoms with E-state index in [2.05, 4.69) is 5.32 Å². The number of carbonyl (C=O) groups is 2. The van der Waals surface area contributed by atoms with Crippen LogP contribution < -0.4 is 15.8 Å². The van der Waals surface area contributed by atoms with Crippen LogP contribution in [0, 0.1) is 22.8 Å². The fraction of sp³-hybridized carbons (Fsp3) is 0.350. The summed E-state index contributed by atoms with van der Waals surface area (Å²) in [7, 11) is 0. The van der Waals surface area contributed by atoms with Crippen molar-refractivity contribution in [2.24, 2.45) is 11.7 Å². The average Bonchev–Trinajstić information content (AvgIpc) is 3.00. The normalized spacial score (nSPS) is 25.1. The summed E-state index contributed by atoms with van der Waals surface area (Å²) >= 11 is 0. The van der Waals surface area contributed by atoms with Crippen LogP contribution in [0.2, 0.25) is 0 Å². The van der Waals surface area contributed by atoms with Gasteiger partial charge in [-0.1, -0.05) is 13.0 Å². The monoisotopic (exact) mass is 475 g/mol. The molecule has 0 spiro atoms. The summed E-state index contributed by atoms with van der Waals surface area (Å²) in [5.41, 5.74) is 1.00. The van der Waals surface area contributed by atoms with Crippen LogP contribution in [0.4, 0.5) is 27.6 Å². The highest BCUT2D eigenvalue weighted by atomic mass is 19.4. The number of phenolic OH excluding ortho intramolecular Hbond substituents is 1. The van der Waals surface area contributed by atoms with Crippen molar-refractivity contribution < 1.29 is 46.1 Å². The molecule has 0 aliphatic carbocycles. The Morgan fingerprint density at radius 3 is 2.48 bits per heavy atom. The molecule has 2 heterocycles. The molecule has 4 N–H and O–H groups in total. The molecule has 13 heteroatoms. The lowest BCUT2D eigenvalue weighted by molar-refractivity contribution is -0.607. The van der Waals surface area contributed by atoms with Crippen LogP contribution in [0.15, 0.2) is 30.5 Å². The van der Waals surface area contributed by atoms with Gasteiger partial charge in [0.2, 0.25) is 5.82 Å². The second-order valence-electron chi connectivity index (χ2n) is 7.74. The number of ether oxygens (including phenoxy) is 1. The van der Waals surface area contributed by atoms with Gasteiger partial charge in [-0.05, 0) is 13.0 Å². The summed E-state index contributed by atoms with van der Waals surface area (Å²) in [4.78, 5) is 24.3. The third-order valence-electron chi connectivity index (χ3n) is 5.83. The van der Waals surface area contributed by atoms with Crippen LogP contribution in [0.5, 0.6) is 5.75 Å². The largest absolute Gasteiger partial charge is 0.618 e. The maximum absolute atomic E-state index is 14.0. The van der Waals surface area contributed by atoms with Gasteiger partial charge in [0.05, 0.1) is 5.69 Å². The molecular weight excluding hydrogens is 457 g/mol. The van der Waals surface area contributed by atoms with E-state index in [0.29, 0.717) is 13.0 Å². The first kappa shape index (κ1) is 24.2. The number of alkyl halides is 3. The number of carbonyl (C=O) groups excluding carboxylic acids is 2. The number of nitrogens with one attached hydrogen (secondary N) is 1. The topological polar surface area (TPSA) is 129 Å². The van der Waals surface area contributed by atoms with Crippen LogP contribution in [0.1, 0.15) is 35.8 Å². The third-order valence-corrected chi connectivity index (χ3v) is 5.83. The van der Waals surface area contributed by atoms with Crippen LogP contribution in [0.25, 0.3) is 0 Å². The smallest absolute Gasteiger partial charge is 0.417 e. The molecule has 1 aromatic heterocycles. The summed E-state index contributed by atoms with van der Waals surface area (Å²) in [6.45, 7) is 1.79. The SMILES string of the molecule is C[C@H]1[C@H](c2ccc(F)c(F)c2O)[C@@H](C(=O)Nc2cc[n+]([O-])c(C(N)=O)c2)O[C@]1(C)C(F)(F)F. The number of nitrogens with two attached hydrogens (primary N) is 1. The van der Waals surface area contributed by atoms with Gasteiger partial charge < -0.3 is 26.1 Å². The Kier molecular flexibility index (Phi) is 5.96. The number of benzene rings is 1. The van der Waals surface area contributed by atoms with E-state index in [4.69, 9.17) is 10.5 Å². The van der Waals surface area contributed by atoms with E-state index in [9.17, 15) is 41.9 Å². The molecule has 33 heavy (non-hydrogen) atoms. The maximum atomic E-state index is 14.0. The fourth-order valence-electron chi connectivity index (χ4n) is 3.81. The summed E-state index contributed by atoms with van der Waals surface area (Å²) in [6, 6.07) is 3.44. The van der Waals surface area contributed by atoms with Crippen LogP contribution in [-0.2, 0) is 9.53 Å². The Hall–Kier alpha value is -3.48. The number of hydrogen-bond donors (Lipinski definition) is 3. The van der Waals surface area contributed by atoms with Gasteiger partial charge in [0.1, 0.15) is 6.10 Å². The molecule has 3 rings (SSSR count). The highest BCUT2D eigenvalue weighted by Crippen LogP contribution is 2.54. The number of pyridine rings is 1. The highest BCUT2D eigenvalue weighted by molar-refractivity contribution is 5.97. The molecule has 2 aromatic rings. The zero-order valence-corrected chi connectivity index (χ0v) is 17.1. The van der Waals surface area contributed by atoms with Crippen LogP contribution >= 0.6 is 0 Å². The maximum Gasteiger partial charge on any atom is 0.417 e. The highest BCUT2D eigenvalue weighted by Gasteiger charge is 2.65. The van der Waals surface area contributed by atoms with Crippen molar-refractivity contribution in [1.82, 2.24) is 0 Å². The molecule has 1 aliphatic heterocycles. The minimum atomic E-state index is -4.96. The Morgan fingerprint density at radius 1 is 1.27 bits per heavy atom. The minimum absolute atomic E-state index is 0.120. The zero-order chi connectivity index (χ0) is 24.9. The van der Waals surface area contributed by atoms with E-state index >= 15 is 0 Å². The number of aromatic hydroxyl groups is 1. The van der Waals surface area contributed by atoms with Gasteiger partial charge >= 0.3 is 12.1 Å². The number of anilines is 1. The molecule has 1 fully saturated rings. The number of halogens is 5. The van der Waals surface area contributed by atoms with Gasteiger partial charge in [-0.3, -0.25) is 9.59 Å². The molecule has 2 amide bonds. The fourth-order valence-corrected chi connectivity index (χ4v) is 3.81. The first-order valence-corrected chi connectivity index (χ1v) is 9.44. The Bertz CT molecular complexity index is 1130. The standard InChI is InChI=1S/C20H18F5N3O5/c1-8-13(10-3-4-11(21)14(22)15(10)29)16(33-19(8,2)20(23,24)25)18(31)27-9-5-6-28(32)12(7-9)17(26)30/h3-8,13,16,29H,1-2H3,(H2,26,30)(H,27,31)/t8-,13+,16-,19-/m0/s1. The quantitative estimate of drug-likeness (QED) is 0.356. The predicted molar refractivity (Wildman–Crippen MR) is 102 cm³/mol. The van der Waals surface area contributed by atoms with Gasteiger partial charge in [-0.15, -0.1) is 0 Å². The van der Waals surface area contributed by atoms with Crippen molar-refractivity contribution in [3.63, 3.8) is 0 Å². The summed E-state index contributed by atoms with van der Waals surface area (Å²) < 4.78 is 74.2. The lowest BCUT2D eigenvalue weighted by atomic mass is 9.77. The molecule has 4 atom stereocenters. The summed E-state index contributed by atoms with van der Waals surface area (Å²) in [6.07, 6.45) is -6.04. The average molecular weight is 475 g/mol. The Balaban J connectivity index is 2.05. The van der Waals surface area contributed by atoms with Gasteiger partial charge in [0.25, 0.3) is 11.6 Å². The number of hydrogen-bond acceptors (Lipinski definition) is 5. The number of phenols is 1. The molecule has 0 bridgehead atoms. The first-order valence-electron chi connectivity index (χ1n) is 9.44. The van der Waals surface area contributed by atoms with E-state index < -0.39 is 70.2 Å². The van der Waals surface area contributed by atoms with Crippen LogP contribution in [-0.4, -0.2) is 34.8 Å². The number of amides is 2. The summed E-state index contributed by atoms with van der Waals surface area (Å²) in [5, 5.41) is 23.9. The first-order chi connectivity index (χ1) is 15.2. The van der Waals surface area contributed by atoms with E-state index in [1.54, 1.807) is 0 Å². The van der Waals surface area contributed by atoms with E-state index in [1.807, 2.05) is 0 Å². The molecule has 8 nitrogen and oxygen atoms in total. The summed E-state index contributed by atoms with van der Waals surface area (Å²) in [5.74, 6) is -9.71. The predicted octanol–water partition coefficient (Wildman–Crippen LogP) is 2.48. The lowest BCUT2D eigenvalue weighted by Gasteiger charge is -2.31. The molecule has 1 aromatic carbocycles. The second kappa shape index (κ2) is 8.14. The molecule has 1 aliphatic rings. The van der Waals surface area contributed by atoms with E-state index in [-0.39, 0.29) is 10.4 Å². The van der Waals surface area contributed by atoms with Crippen molar-refractivity contribution >= 4 is 17.5 Å². The van der Waals surface area contributed by atoms with Gasteiger partial charge in [-0.2, -0.15) is 22.3 Å². The van der Waals surface area contributed by atoms with Crippen molar-refractivity contribution in [2.45, 2.75) is 37.6 Å². The number of rotatable bonds is 4. The van der Waals surface area contributed by atoms with Crippen molar-refractivity contribution in [3.05, 3.63) is 58.6 Å². The van der Waals surface area contributed by atoms with Crippen LogP contribution in [0.3, 0.4) is 0 Å². The zero-order valence-electron chi connectivity index (χ0n) is 17.1. The van der Waals surface area contributed by atoms with Gasteiger partial charge in [-0.25, -0.2) is 4.39 Å². The minimum Gasteiger partial charge on any atom is -0.618 e.